The van der Waals surface area contributed by atoms with Crippen LogP contribution in [-0.4, -0.2) is 36.9 Å². The molecule has 0 heterocycles. The highest BCUT2D eigenvalue weighted by Gasteiger charge is 2.08. The SMILES string of the molecule is C=C(C)C(=O)NCCCN(C)C(=O)C(=C)C. The number of carbonyl (C=O) groups excluding carboxylic acids is 2. The average Bonchev–Trinajstić information content (AvgIpc) is 2.22. The maximum absolute atomic E-state index is 11.4. The van der Waals surface area contributed by atoms with Crippen molar-refractivity contribution in [1.82, 2.24) is 10.2 Å². The maximum atomic E-state index is 11.4. The summed E-state index contributed by atoms with van der Waals surface area (Å²) in [6.45, 7) is 11.6. The molecule has 0 saturated heterocycles. The molecular formula is C12H20N2O2. The van der Waals surface area contributed by atoms with Gasteiger partial charge in [-0.3, -0.25) is 9.59 Å². The van der Waals surface area contributed by atoms with Crippen LogP contribution in [0.4, 0.5) is 0 Å². The van der Waals surface area contributed by atoms with Gasteiger partial charge in [-0.15, -0.1) is 0 Å². The van der Waals surface area contributed by atoms with Gasteiger partial charge in [0.25, 0.3) is 0 Å². The first-order valence-electron chi connectivity index (χ1n) is 5.21. The Morgan fingerprint density at radius 3 is 2.19 bits per heavy atom. The largest absolute Gasteiger partial charge is 0.352 e. The third-order valence-electron chi connectivity index (χ3n) is 2.06. The van der Waals surface area contributed by atoms with Crippen LogP contribution in [0.3, 0.4) is 0 Å². The molecular weight excluding hydrogens is 204 g/mol. The smallest absolute Gasteiger partial charge is 0.248 e. The highest BCUT2D eigenvalue weighted by Crippen LogP contribution is 1.96. The lowest BCUT2D eigenvalue weighted by atomic mass is 10.3. The van der Waals surface area contributed by atoms with Crippen molar-refractivity contribution in [2.24, 2.45) is 0 Å². The van der Waals surface area contributed by atoms with E-state index in [9.17, 15) is 9.59 Å². The van der Waals surface area contributed by atoms with E-state index in [0.29, 0.717) is 30.7 Å². The second-order valence-electron chi connectivity index (χ2n) is 3.90. The van der Waals surface area contributed by atoms with Crippen LogP contribution in [0.5, 0.6) is 0 Å². The Balaban J connectivity index is 3.75. The Bertz CT molecular complexity index is 308. The first kappa shape index (κ1) is 14.4. The molecule has 0 aromatic rings. The Morgan fingerprint density at radius 1 is 1.19 bits per heavy atom. The summed E-state index contributed by atoms with van der Waals surface area (Å²) in [7, 11) is 1.72. The van der Waals surface area contributed by atoms with Gasteiger partial charge in [0.2, 0.25) is 11.8 Å². The summed E-state index contributed by atoms with van der Waals surface area (Å²) in [5, 5.41) is 2.71. The molecule has 0 rings (SSSR count). The van der Waals surface area contributed by atoms with E-state index in [-0.39, 0.29) is 11.8 Å². The average molecular weight is 224 g/mol. The molecule has 0 fully saturated rings. The molecule has 1 N–H and O–H groups in total. The fraction of sp³-hybridized carbons (Fsp3) is 0.500. The zero-order valence-electron chi connectivity index (χ0n) is 10.3. The lowest BCUT2D eigenvalue weighted by molar-refractivity contribution is -0.125. The number of likely N-dealkylation sites (N-methyl/N-ethyl adjacent to an activating group) is 1. The molecule has 0 aliphatic carbocycles. The van der Waals surface area contributed by atoms with Crippen molar-refractivity contribution < 1.29 is 9.59 Å². The van der Waals surface area contributed by atoms with Gasteiger partial charge < -0.3 is 10.2 Å². The molecule has 0 radical (unpaired) electrons. The highest BCUT2D eigenvalue weighted by atomic mass is 16.2. The molecule has 0 bridgehead atoms. The molecule has 90 valence electrons. The van der Waals surface area contributed by atoms with Crippen molar-refractivity contribution >= 4 is 11.8 Å². The summed E-state index contributed by atoms with van der Waals surface area (Å²) >= 11 is 0. The van der Waals surface area contributed by atoms with E-state index in [1.807, 2.05) is 0 Å². The number of amides is 2. The Kier molecular flexibility index (Phi) is 6.15. The van der Waals surface area contributed by atoms with Crippen LogP contribution in [0, 0.1) is 0 Å². The van der Waals surface area contributed by atoms with Crippen molar-refractivity contribution in [2.75, 3.05) is 20.1 Å². The predicted molar refractivity (Wildman–Crippen MR) is 64.9 cm³/mol. The van der Waals surface area contributed by atoms with E-state index >= 15 is 0 Å². The Morgan fingerprint density at radius 2 is 1.75 bits per heavy atom. The van der Waals surface area contributed by atoms with E-state index < -0.39 is 0 Å². The van der Waals surface area contributed by atoms with Gasteiger partial charge in [-0.1, -0.05) is 13.2 Å². The summed E-state index contributed by atoms with van der Waals surface area (Å²) in [4.78, 5) is 24.1. The van der Waals surface area contributed by atoms with Crippen molar-refractivity contribution in [3.8, 4) is 0 Å². The Hall–Kier alpha value is -1.58. The minimum atomic E-state index is -0.145. The van der Waals surface area contributed by atoms with Crippen molar-refractivity contribution in [2.45, 2.75) is 20.3 Å². The zero-order valence-corrected chi connectivity index (χ0v) is 10.3. The highest BCUT2D eigenvalue weighted by molar-refractivity contribution is 5.92. The standard InChI is InChI=1S/C12H20N2O2/c1-9(2)11(15)13-7-6-8-14(5)12(16)10(3)4/h1,3,6-8H2,2,4-5H3,(H,13,15). The van der Waals surface area contributed by atoms with E-state index in [1.165, 1.54) is 0 Å². The molecule has 0 saturated carbocycles. The lowest BCUT2D eigenvalue weighted by Gasteiger charge is -2.17. The van der Waals surface area contributed by atoms with Gasteiger partial charge in [0, 0.05) is 31.3 Å². The molecule has 4 nitrogen and oxygen atoms in total. The van der Waals surface area contributed by atoms with Gasteiger partial charge in [0.1, 0.15) is 0 Å². The topological polar surface area (TPSA) is 49.4 Å². The number of hydrogen-bond donors (Lipinski definition) is 1. The predicted octanol–water partition coefficient (Wildman–Crippen LogP) is 1.10. The number of rotatable bonds is 6. The van der Waals surface area contributed by atoms with Crippen molar-refractivity contribution in [3.63, 3.8) is 0 Å². The number of carbonyl (C=O) groups is 2. The molecule has 0 aromatic heterocycles. The molecule has 0 aromatic carbocycles. The van der Waals surface area contributed by atoms with Crippen LogP contribution >= 0.6 is 0 Å². The van der Waals surface area contributed by atoms with Gasteiger partial charge in [-0.25, -0.2) is 0 Å². The van der Waals surface area contributed by atoms with E-state index in [2.05, 4.69) is 18.5 Å². The van der Waals surface area contributed by atoms with Gasteiger partial charge >= 0.3 is 0 Å². The fourth-order valence-corrected chi connectivity index (χ4v) is 1.10. The molecule has 16 heavy (non-hydrogen) atoms. The first-order valence-corrected chi connectivity index (χ1v) is 5.21. The van der Waals surface area contributed by atoms with Crippen LogP contribution in [0.2, 0.25) is 0 Å². The van der Waals surface area contributed by atoms with E-state index in [4.69, 9.17) is 0 Å². The fourth-order valence-electron chi connectivity index (χ4n) is 1.10. The van der Waals surface area contributed by atoms with Crippen molar-refractivity contribution in [1.29, 1.82) is 0 Å². The number of nitrogens with zero attached hydrogens (tertiary/aromatic N) is 1. The normalized spacial score (nSPS) is 9.44. The first-order chi connectivity index (χ1) is 7.36. The molecule has 0 atom stereocenters. The quantitative estimate of drug-likeness (QED) is 0.542. The molecule has 0 aliphatic heterocycles. The third kappa shape index (κ3) is 5.34. The lowest BCUT2D eigenvalue weighted by Crippen LogP contribution is -2.31. The number of nitrogens with one attached hydrogen (secondary N) is 1. The van der Waals surface area contributed by atoms with Crippen LogP contribution in [0.25, 0.3) is 0 Å². The van der Waals surface area contributed by atoms with Gasteiger partial charge in [0.15, 0.2) is 0 Å². The second-order valence-corrected chi connectivity index (χ2v) is 3.90. The third-order valence-corrected chi connectivity index (χ3v) is 2.06. The van der Waals surface area contributed by atoms with Crippen molar-refractivity contribution in [3.05, 3.63) is 24.3 Å². The molecule has 0 unspecified atom stereocenters. The Labute approximate surface area is 97.0 Å². The second kappa shape index (κ2) is 6.82. The summed E-state index contributed by atoms with van der Waals surface area (Å²) in [5.74, 6) is -0.208. The summed E-state index contributed by atoms with van der Waals surface area (Å²) in [5.41, 5.74) is 1.01. The minimum absolute atomic E-state index is 0.0637. The summed E-state index contributed by atoms with van der Waals surface area (Å²) in [6.07, 6.45) is 0.717. The van der Waals surface area contributed by atoms with E-state index in [1.54, 1.807) is 25.8 Å². The zero-order chi connectivity index (χ0) is 12.7. The van der Waals surface area contributed by atoms with Crippen LogP contribution in [0.15, 0.2) is 24.3 Å². The van der Waals surface area contributed by atoms with Crippen LogP contribution in [0.1, 0.15) is 20.3 Å². The summed E-state index contributed by atoms with van der Waals surface area (Å²) < 4.78 is 0. The van der Waals surface area contributed by atoms with E-state index in [0.717, 1.165) is 0 Å². The molecule has 4 heteroatoms. The van der Waals surface area contributed by atoms with Gasteiger partial charge in [0.05, 0.1) is 0 Å². The van der Waals surface area contributed by atoms with Crippen LogP contribution in [-0.2, 0) is 9.59 Å². The van der Waals surface area contributed by atoms with Gasteiger partial charge in [-0.05, 0) is 20.3 Å². The summed E-state index contributed by atoms with van der Waals surface area (Å²) in [6, 6.07) is 0. The monoisotopic (exact) mass is 224 g/mol. The maximum Gasteiger partial charge on any atom is 0.248 e. The number of hydrogen-bond acceptors (Lipinski definition) is 2. The molecule has 0 aliphatic rings. The van der Waals surface area contributed by atoms with Gasteiger partial charge in [-0.2, -0.15) is 0 Å². The minimum Gasteiger partial charge on any atom is -0.352 e. The molecule has 0 spiro atoms. The van der Waals surface area contributed by atoms with Crippen LogP contribution < -0.4 is 5.32 Å². The molecule has 2 amide bonds.